The number of nitrogens with zero attached hydrogens (tertiary/aromatic N) is 3. The first-order valence-corrected chi connectivity index (χ1v) is 6.48. The number of aromatic nitrogens is 2. The Morgan fingerprint density at radius 1 is 1.56 bits per heavy atom. The van der Waals surface area contributed by atoms with E-state index in [1.165, 1.54) is 0 Å². The molecule has 7 heteroatoms. The monoisotopic (exact) mass is 322 g/mol. The van der Waals surface area contributed by atoms with Crippen LogP contribution in [-0.2, 0) is 0 Å². The van der Waals surface area contributed by atoms with E-state index in [1.54, 1.807) is 25.1 Å². The van der Waals surface area contributed by atoms with Crippen LogP contribution in [0.15, 0.2) is 22.7 Å². The SMILES string of the molecule is Cc1nnsc1C(=O)Nc1ccc(C#N)cc1Br. The normalized spacial score (nSPS) is 9.83. The molecule has 1 N–H and O–H groups in total. The zero-order chi connectivity index (χ0) is 13.1. The number of carbonyl (C=O) groups excluding carboxylic acids is 1. The van der Waals surface area contributed by atoms with E-state index in [-0.39, 0.29) is 5.91 Å². The van der Waals surface area contributed by atoms with Gasteiger partial charge in [-0.2, -0.15) is 5.26 Å². The maximum Gasteiger partial charge on any atom is 0.269 e. The Kier molecular flexibility index (Phi) is 3.69. The fourth-order valence-electron chi connectivity index (χ4n) is 1.30. The average molecular weight is 323 g/mol. The Labute approximate surface area is 116 Å². The summed E-state index contributed by atoms with van der Waals surface area (Å²) >= 11 is 4.35. The van der Waals surface area contributed by atoms with E-state index in [0.29, 0.717) is 26.3 Å². The summed E-state index contributed by atoms with van der Waals surface area (Å²) in [6, 6.07) is 6.98. The molecule has 2 aromatic rings. The van der Waals surface area contributed by atoms with E-state index in [2.05, 4.69) is 30.8 Å². The largest absolute Gasteiger partial charge is 0.320 e. The molecule has 0 aliphatic rings. The molecule has 1 amide bonds. The van der Waals surface area contributed by atoms with Crippen LogP contribution >= 0.6 is 27.5 Å². The first-order valence-electron chi connectivity index (χ1n) is 4.92. The summed E-state index contributed by atoms with van der Waals surface area (Å²) in [4.78, 5) is 12.4. The number of amides is 1. The van der Waals surface area contributed by atoms with Gasteiger partial charge in [0.25, 0.3) is 5.91 Å². The molecular formula is C11H7BrN4OS. The van der Waals surface area contributed by atoms with Crippen molar-refractivity contribution in [2.24, 2.45) is 0 Å². The summed E-state index contributed by atoms with van der Waals surface area (Å²) in [5.74, 6) is -0.257. The number of nitriles is 1. The second-order valence-electron chi connectivity index (χ2n) is 3.45. The van der Waals surface area contributed by atoms with Crippen LogP contribution in [0.25, 0.3) is 0 Å². The highest BCUT2D eigenvalue weighted by molar-refractivity contribution is 9.10. The number of benzene rings is 1. The van der Waals surface area contributed by atoms with E-state index in [9.17, 15) is 4.79 Å². The molecule has 1 aromatic heterocycles. The van der Waals surface area contributed by atoms with Gasteiger partial charge < -0.3 is 5.32 Å². The van der Waals surface area contributed by atoms with E-state index in [1.807, 2.05) is 6.07 Å². The molecule has 0 aliphatic carbocycles. The summed E-state index contributed by atoms with van der Waals surface area (Å²) in [5, 5.41) is 15.3. The minimum absolute atomic E-state index is 0.257. The standard InChI is InChI=1S/C11H7BrN4OS/c1-6-10(18-16-15-6)11(17)14-9-3-2-7(5-13)4-8(9)12/h2-4H,1H3,(H,14,17). The molecule has 0 bridgehead atoms. The zero-order valence-corrected chi connectivity index (χ0v) is 11.7. The van der Waals surface area contributed by atoms with Gasteiger partial charge in [0.15, 0.2) is 0 Å². The first-order chi connectivity index (χ1) is 8.61. The molecule has 0 unspecified atom stereocenters. The number of nitrogens with one attached hydrogen (secondary N) is 1. The maximum absolute atomic E-state index is 11.9. The molecule has 0 spiro atoms. The van der Waals surface area contributed by atoms with Crippen molar-refractivity contribution in [3.63, 3.8) is 0 Å². The quantitative estimate of drug-likeness (QED) is 0.922. The van der Waals surface area contributed by atoms with Gasteiger partial charge in [0.2, 0.25) is 0 Å². The first kappa shape index (κ1) is 12.7. The average Bonchev–Trinajstić information content (AvgIpc) is 2.78. The van der Waals surface area contributed by atoms with Crippen molar-refractivity contribution in [2.75, 3.05) is 5.32 Å². The van der Waals surface area contributed by atoms with E-state index >= 15 is 0 Å². The van der Waals surface area contributed by atoms with Crippen molar-refractivity contribution < 1.29 is 4.79 Å². The molecule has 2 rings (SSSR count). The molecule has 5 nitrogen and oxygen atoms in total. The number of carbonyl (C=O) groups is 1. The van der Waals surface area contributed by atoms with E-state index in [4.69, 9.17) is 5.26 Å². The van der Waals surface area contributed by atoms with Crippen LogP contribution in [0.3, 0.4) is 0 Å². The van der Waals surface area contributed by atoms with Gasteiger partial charge in [-0.25, -0.2) is 0 Å². The minimum Gasteiger partial charge on any atom is -0.320 e. The van der Waals surface area contributed by atoms with Crippen molar-refractivity contribution in [1.29, 1.82) is 5.26 Å². The highest BCUT2D eigenvalue weighted by Crippen LogP contribution is 2.24. The minimum atomic E-state index is -0.257. The fraction of sp³-hybridized carbons (Fsp3) is 0.0909. The number of aryl methyl sites for hydroxylation is 1. The van der Waals surface area contributed by atoms with Gasteiger partial charge in [-0.1, -0.05) is 4.49 Å². The molecule has 1 aromatic carbocycles. The Morgan fingerprint density at radius 3 is 2.89 bits per heavy atom. The number of anilines is 1. The van der Waals surface area contributed by atoms with E-state index < -0.39 is 0 Å². The molecule has 18 heavy (non-hydrogen) atoms. The van der Waals surface area contributed by atoms with Gasteiger partial charge in [0.05, 0.1) is 23.0 Å². The van der Waals surface area contributed by atoms with Gasteiger partial charge in [0.1, 0.15) is 4.88 Å². The summed E-state index contributed by atoms with van der Waals surface area (Å²) in [6.07, 6.45) is 0. The highest BCUT2D eigenvalue weighted by Gasteiger charge is 2.14. The van der Waals surface area contributed by atoms with Crippen molar-refractivity contribution in [1.82, 2.24) is 9.59 Å². The van der Waals surface area contributed by atoms with Crippen LogP contribution in [0.5, 0.6) is 0 Å². The van der Waals surface area contributed by atoms with Gasteiger partial charge >= 0.3 is 0 Å². The van der Waals surface area contributed by atoms with Crippen molar-refractivity contribution >= 4 is 39.1 Å². The molecular weight excluding hydrogens is 316 g/mol. The van der Waals surface area contributed by atoms with Crippen LogP contribution in [-0.4, -0.2) is 15.5 Å². The Bertz CT molecular complexity index is 647. The maximum atomic E-state index is 11.9. The second kappa shape index (κ2) is 5.25. The summed E-state index contributed by atoms with van der Waals surface area (Å²) < 4.78 is 4.37. The third kappa shape index (κ3) is 2.55. The summed E-state index contributed by atoms with van der Waals surface area (Å²) in [7, 11) is 0. The van der Waals surface area contributed by atoms with Gasteiger partial charge in [-0.05, 0) is 52.6 Å². The van der Waals surface area contributed by atoms with Crippen molar-refractivity contribution in [2.45, 2.75) is 6.92 Å². The van der Waals surface area contributed by atoms with Crippen LogP contribution in [0, 0.1) is 18.3 Å². The summed E-state index contributed by atoms with van der Waals surface area (Å²) in [5.41, 5.74) is 1.73. The van der Waals surface area contributed by atoms with Crippen LogP contribution in [0.1, 0.15) is 20.9 Å². The number of hydrogen-bond acceptors (Lipinski definition) is 5. The Balaban J connectivity index is 2.23. The molecule has 0 saturated carbocycles. The fourth-order valence-corrected chi connectivity index (χ4v) is 2.33. The van der Waals surface area contributed by atoms with Gasteiger partial charge in [-0.3, -0.25) is 4.79 Å². The van der Waals surface area contributed by atoms with Crippen LogP contribution in [0.2, 0.25) is 0 Å². The zero-order valence-electron chi connectivity index (χ0n) is 9.27. The lowest BCUT2D eigenvalue weighted by molar-refractivity contribution is 0.102. The number of halogens is 1. The number of rotatable bonds is 2. The van der Waals surface area contributed by atoms with Gasteiger partial charge in [0, 0.05) is 4.47 Å². The Hall–Kier alpha value is -1.78. The summed E-state index contributed by atoms with van der Waals surface area (Å²) in [6.45, 7) is 1.73. The second-order valence-corrected chi connectivity index (χ2v) is 5.06. The molecule has 0 radical (unpaired) electrons. The molecule has 90 valence electrons. The molecule has 0 atom stereocenters. The molecule has 1 heterocycles. The highest BCUT2D eigenvalue weighted by atomic mass is 79.9. The molecule has 0 saturated heterocycles. The predicted octanol–water partition coefficient (Wildman–Crippen LogP) is 2.73. The lowest BCUT2D eigenvalue weighted by Gasteiger charge is -2.06. The smallest absolute Gasteiger partial charge is 0.269 e. The van der Waals surface area contributed by atoms with Gasteiger partial charge in [-0.15, -0.1) is 5.10 Å². The topological polar surface area (TPSA) is 78.7 Å². The van der Waals surface area contributed by atoms with Crippen LogP contribution in [0.4, 0.5) is 5.69 Å². The predicted molar refractivity (Wildman–Crippen MR) is 71.5 cm³/mol. The van der Waals surface area contributed by atoms with Crippen molar-refractivity contribution in [3.05, 3.63) is 38.8 Å². The molecule has 0 aliphatic heterocycles. The van der Waals surface area contributed by atoms with E-state index in [0.717, 1.165) is 11.5 Å². The number of hydrogen-bond donors (Lipinski definition) is 1. The third-order valence-corrected chi connectivity index (χ3v) is 3.69. The lowest BCUT2D eigenvalue weighted by atomic mass is 10.2. The lowest BCUT2D eigenvalue weighted by Crippen LogP contribution is -2.12. The third-order valence-electron chi connectivity index (χ3n) is 2.20. The van der Waals surface area contributed by atoms with Crippen LogP contribution < -0.4 is 5.32 Å². The van der Waals surface area contributed by atoms with Crippen molar-refractivity contribution in [3.8, 4) is 6.07 Å². The molecule has 0 fully saturated rings. The Morgan fingerprint density at radius 2 is 2.33 bits per heavy atom.